The number of aromatic nitrogens is 1. The van der Waals surface area contributed by atoms with Gasteiger partial charge < -0.3 is 10.6 Å². The molecule has 2 aliphatic rings. The van der Waals surface area contributed by atoms with Gasteiger partial charge in [0, 0.05) is 45.7 Å². The lowest BCUT2D eigenvalue weighted by Gasteiger charge is -2.32. The van der Waals surface area contributed by atoms with E-state index in [0.717, 1.165) is 24.6 Å². The lowest BCUT2D eigenvalue weighted by atomic mass is 9.90. The number of nitrogens with one attached hydrogen (secondary N) is 2. The van der Waals surface area contributed by atoms with Gasteiger partial charge in [0.05, 0.1) is 5.52 Å². The average Bonchev–Trinajstić information content (AvgIpc) is 3.09. The fourth-order valence-corrected chi connectivity index (χ4v) is 5.08. The number of nitrogens with zero attached hydrogens (tertiary/aromatic N) is 1. The summed E-state index contributed by atoms with van der Waals surface area (Å²) in [7, 11) is 0. The Morgan fingerprint density at radius 2 is 1.85 bits per heavy atom. The van der Waals surface area contributed by atoms with Crippen molar-refractivity contribution in [2.75, 3.05) is 5.32 Å². The van der Waals surface area contributed by atoms with Crippen molar-refractivity contribution >= 4 is 34.1 Å². The summed E-state index contributed by atoms with van der Waals surface area (Å²) in [6.45, 7) is 0. The van der Waals surface area contributed by atoms with E-state index in [2.05, 4.69) is 15.6 Å². The van der Waals surface area contributed by atoms with Crippen LogP contribution in [0.3, 0.4) is 0 Å². The van der Waals surface area contributed by atoms with E-state index in [9.17, 15) is 18.0 Å². The quantitative estimate of drug-likeness (QED) is 0.473. The number of hydrogen-bond donors (Lipinski definition) is 2. The Kier molecular flexibility index (Phi) is 5.69. The molecule has 0 unspecified atom stereocenters. The number of benzene rings is 2. The topological polar surface area (TPSA) is 54.0 Å². The molecule has 2 aliphatic carbocycles. The summed E-state index contributed by atoms with van der Waals surface area (Å²) in [5, 5.41) is 7.79. The van der Waals surface area contributed by atoms with Crippen LogP contribution in [0.2, 0.25) is 5.02 Å². The third-order valence-electron chi connectivity index (χ3n) is 6.55. The van der Waals surface area contributed by atoms with E-state index in [1.54, 1.807) is 18.2 Å². The van der Waals surface area contributed by atoms with Gasteiger partial charge in [-0.05, 0) is 74.6 Å². The summed E-state index contributed by atoms with van der Waals surface area (Å²) in [6.07, 6.45) is 3.21. The first-order chi connectivity index (χ1) is 15.8. The molecule has 2 atom stereocenters. The highest BCUT2D eigenvalue weighted by Gasteiger charge is 2.43. The van der Waals surface area contributed by atoms with Crippen LogP contribution in [0.1, 0.15) is 53.7 Å². The molecule has 1 amide bonds. The molecule has 1 saturated carbocycles. The van der Waals surface area contributed by atoms with Crippen molar-refractivity contribution in [3.05, 3.63) is 70.1 Å². The summed E-state index contributed by atoms with van der Waals surface area (Å²) in [5.74, 6) is -3.59. The van der Waals surface area contributed by atoms with Crippen molar-refractivity contribution in [2.24, 2.45) is 0 Å². The summed E-state index contributed by atoms with van der Waals surface area (Å²) in [5.41, 5.74) is 1.95. The van der Waals surface area contributed by atoms with Crippen molar-refractivity contribution in [3.63, 3.8) is 0 Å². The van der Waals surface area contributed by atoms with Crippen LogP contribution in [0, 0.1) is 5.82 Å². The Bertz CT molecular complexity index is 1220. The number of alkyl halides is 2. The fourth-order valence-electron chi connectivity index (χ4n) is 4.91. The van der Waals surface area contributed by atoms with E-state index >= 15 is 0 Å². The van der Waals surface area contributed by atoms with Crippen molar-refractivity contribution in [1.29, 1.82) is 0 Å². The molecule has 0 bridgehead atoms. The zero-order chi connectivity index (χ0) is 23.2. The van der Waals surface area contributed by atoms with Crippen LogP contribution < -0.4 is 10.6 Å². The largest absolute Gasteiger partial charge is 0.381 e. The van der Waals surface area contributed by atoms with Gasteiger partial charge in [-0.3, -0.25) is 4.79 Å². The summed E-state index contributed by atoms with van der Waals surface area (Å²) in [4.78, 5) is 16.8. The first-order valence-corrected chi connectivity index (χ1v) is 11.5. The number of amides is 1. The second-order valence-corrected chi connectivity index (χ2v) is 9.30. The van der Waals surface area contributed by atoms with Gasteiger partial charge in [0.25, 0.3) is 11.8 Å². The predicted molar refractivity (Wildman–Crippen MR) is 123 cm³/mol. The van der Waals surface area contributed by atoms with Gasteiger partial charge in [-0.25, -0.2) is 9.37 Å². The van der Waals surface area contributed by atoms with E-state index in [-0.39, 0.29) is 36.5 Å². The maximum absolute atomic E-state index is 14.5. The Morgan fingerprint density at radius 3 is 2.64 bits per heavy atom. The van der Waals surface area contributed by atoms with Crippen LogP contribution in [0.4, 0.5) is 18.9 Å². The molecule has 2 aromatic carbocycles. The molecule has 5 rings (SSSR count). The van der Waals surface area contributed by atoms with Crippen molar-refractivity contribution in [1.82, 2.24) is 10.3 Å². The minimum atomic E-state index is -2.95. The van der Waals surface area contributed by atoms with Gasteiger partial charge >= 0.3 is 0 Å². The highest BCUT2D eigenvalue weighted by molar-refractivity contribution is 6.31. The molecule has 172 valence electrons. The highest BCUT2D eigenvalue weighted by Crippen LogP contribution is 2.46. The Hall–Kier alpha value is -2.80. The van der Waals surface area contributed by atoms with E-state index < -0.39 is 11.7 Å². The van der Waals surface area contributed by atoms with Gasteiger partial charge in [0.15, 0.2) is 0 Å². The molecule has 33 heavy (non-hydrogen) atoms. The number of carbonyl (C=O) groups excluding carboxylic acids is 1. The number of anilines is 1. The van der Waals surface area contributed by atoms with Crippen molar-refractivity contribution in [3.8, 4) is 0 Å². The van der Waals surface area contributed by atoms with Gasteiger partial charge in [-0.15, -0.1) is 0 Å². The van der Waals surface area contributed by atoms with Crippen LogP contribution in [0.5, 0.6) is 0 Å². The maximum Gasteiger partial charge on any atom is 0.290 e. The van der Waals surface area contributed by atoms with Crippen LogP contribution in [-0.2, 0) is 12.3 Å². The lowest BCUT2D eigenvalue weighted by molar-refractivity contribution is -0.00567. The van der Waals surface area contributed by atoms with E-state index in [0.29, 0.717) is 33.8 Å². The van der Waals surface area contributed by atoms with Crippen molar-refractivity contribution < 1.29 is 18.0 Å². The molecule has 1 aromatic heterocycles. The lowest BCUT2D eigenvalue weighted by Crippen LogP contribution is -2.42. The summed E-state index contributed by atoms with van der Waals surface area (Å²) < 4.78 is 42.2. The van der Waals surface area contributed by atoms with Gasteiger partial charge in [0.2, 0.25) is 0 Å². The van der Waals surface area contributed by atoms with E-state index in [1.165, 1.54) is 24.3 Å². The monoisotopic (exact) mass is 473 g/mol. The minimum Gasteiger partial charge on any atom is -0.381 e. The molecular weight excluding hydrogens is 451 g/mol. The molecule has 1 heterocycles. The summed E-state index contributed by atoms with van der Waals surface area (Å²) in [6, 6.07) is 10.5. The molecule has 1 fully saturated rings. The number of carbonyl (C=O) groups is 1. The van der Waals surface area contributed by atoms with Crippen LogP contribution in [0.25, 0.3) is 10.9 Å². The Morgan fingerprint density at radius 1 is 1.09 bits per heavy atom. The standard InChI is InChI=1S/C25H23ClF3N3O/c26-15-6-9-21-20(12-15)22(19-10-11-25(28,29)23(19)32-21)30-17-2-1-3-18(13-17)31-24(33)14-4-7-16(27)8-5-14/h4-9,12,17-18H,1-3,10-11,13H2,(H,30,32)(H,31,33)/t17-,18+/m0/s1. The van der Waals surface area contributed by atoms with E-state index in [1.807, 2.05) is 0 Å². The number of halogens is 4. The smallest absolute Gasteiger partial charge is 0.290 e. The van der Waals surface area contributed by atoms with Crippen molar-refractivity contribution in [2.45, 2.75) is 56.5 Å². The van der Waals surface area contributed by atoms with Crippen LogP contribution in [0.15, 0.2) is 42.5 Å². The molecule has 0 radical (unpaired) electrons. The normalized spacial score (nSPS) is 21.6. The molecular formula is C25H23ClF3N3O. The molecule has 3 aromatic rings. The van der Waals surface area contributed by atoms with Gasteiger partial charge in [-0.2, -0.15) is 8.78 Å². The second kappa shape index (κ2) is 8.52. The number of rotatable bonds is 4. The first kappa shape index (κ1) is 22.0. The molecule has 0 saturated heterocycles. The minimum absolute atomic E-state index is 0.000159. The average molecular weight is 474 g/mol. The Labute approximate surface area is 194 Å². The predicted octanol–water partition coefficient (Wildman–Crippen LogP) is 6.22. The number of hydrogen-bond acceptors (Lipinski definition) is 3. The molecule has 8 heteroatoms. The SMILES string of the molecule is O=C(N[C@@H]1CCC[C@H](Nc2c3c(nc4ccc(Cl)cc24)C(F)(F)CC3)C1)c1ccc(F)cc1. The fraction of sp³-hybridized carbons (Fsp3) is 0.360. The van der Waals surface area contributed by atoms with Gasteiger partial charge in [-0.1, -0.05) is 11.6 Å². The second-order valence-electron chi connectivity index (χ2n) is 8.87. The highest BCUT2D eigenvalue weighted by atomic mass is 35.5. The van der Waals surface area contributed by atoms with Gasteiger partial charge in [0.1, 0.15) is 11.5 Å². The van der Waals surface area contributed by atoms with E-state index in [4.69, 9.17) is 11.6 Å². The zero-order valence-corrected chi connectivity index (χ0v) is 18.6. The first-order valence-electron chi connectivity index (χ1n) is 11.1. The molecule has 4 nitrogen and oxygen atoms in total. The maximum atomic E-state index is 14.5. The zero-order valence-electron chi connectivity index (χ0n) is 17.8. The summed E-state index contributed by atoms with van der Waals surface area (Å²) >= 11 is 6.21. The molecule has 0 spiro atoms. The Balaban J connectivity index is 1.39. The third-order valence-corrected chi connectivity index (χ3v) is 6.78. The van der Waals surface area contributed by atoms with Crippen LogP contribution >= 0.6 is 11.6 Å². The van der Waals surface area contributed by atoms with Crippen LogP contribution in [-0.4, -0.2) is 23.0 Å². The number of pyridine rings is 1. The molecule has 2 N–H and O–H groups in total. The third kappa shape index (κ3) is 4.38. The number of fused-ring (bicyclic) bond motifs is 2. The molecule has 0 aliphatic heterocycles.